The van der Waals surface area contributed by atoms with Crippen LogP contribution in [-0.4, -0.2) is 23.7 Å². The minimum atomic E-state index is -4.54. The van der Waals surface area contributed by atoms with Gasteiger partial charge in [0.15, 0.2) is 0 Å². The number of benzene rings is 1. The van der Waals surface area contributed by atoms with Gasteiger partial charge < -0.3 is 5.32 Å². The molecule has 1 aliphatic rings. The second-order valence-electron chi connectivity index (χ2n) is 6.92. The lowest BCUT2D eigenvalue weighted by Gasteiger charge is -2.29. The fourth-order valence-electron chi connectivity index (χ4n) is 2.66. The zero-order chi connectivity index (χ0) is 18.7. The summed E-state index contributed by atoms with van der Waals surface area (Å²) in [5, 5.41) is 14.2. The van der Waals surface area contributed by atoms with Crippen molar-refractivity contribution in [3.63, 3.8) is 0 Å². The second-order valence-corrected chi connectivity index (χ2v) is 6.92. The monoisotopic (exact) mass is 353 g/mol. The number of carbonyl (C=O) groups is 1. The number of hydrogen-bond acceptors (Lipinski definition) is 3. The Balaban J connectivity index is 2.21. The minimum absolute atomic E-state index is 0.0187. The first-order chi connectivity index (χ1) is 11.7. The molecule has 25 heavy (non-hydrogen) atoms. The lowest BCUT2D eigenvalue weighted by atomic mass is 9.99. The molecule has 7 heteroatoms. The molecule has 0 spiro atoms. The third-order valence-electron chi connectivity index (χ3n) is 4.18. The van der Waals surface area contributed by atoms with Gasteiger partial charge in [-0.1, -0.05) is 44.2 Å². The maximum atomic E-state index is 13.5. The highest BCUT2D eigenvalue weighted by molar-refractivity contribution is 5.83. The summed E-state index contributed by atoms with van der Waals surface area (Å²) in [5.41, 5.74) is -0.855. The van der Waals surface area contributed by atoms with Gasteiger partial charge in [-0.2, -0.15) is 18.4 Å². The van der Waals surface area contributed by atoms with Crippen molar-refractivity contribution in [2.45, 2.75) is 56.9 Å². The predicted molar refractivity (Wildman–Crippen MR) is 87.3 cm³/mol. The number of nitrogens with zero attached hydrogens (tertiary/aromatic N) is 1. The molecule has 1 fully saturated rings. The SMILES string of the molecule is CC(C)C[C@H](N[C@H](c1ccccc1)C(F)(F)F)C(=O)NC1(C#N)CC1. The number of halogens is 3. The maximum Gasteiger partial charge on any atom is 0.407 e. The Labute approximate surface area is 145 Å². The van der Waals surface area contributed by atoms with Crippen LogP contribution in [0.4, 0.5) is 13.2 Å². The molecule has 0 radical (unpaired) electrons. The van der Waals surface area contributed by atoms with Crippen molar-refractivity contribution in [3.8, 4) is 6.07 Å². The number of nitriles is 1. The van der Waals surface area contributed by atoms with Gasteiger partial charge in [-0.15, -0.1) is 0 Å². The third-order valence-corrected chi connectivity index (χ3v) is 4.18. The Morgan fingerprint density at radius 2 is 1.88 bits per heavy atom. The Bertz CT molecular complexity index is 633. The molecule has 2 rings (SSSR count). The van der Waals surface area contributed by atoms with Crippen molar-refractivity contribution in [3.05, 3.63) is 35.9 Å². The third kappa shape index (κ3) is 5.20. The smallest absolute Gasteiger partial charge is 0.336 e. The molecule has 1 aromatic carbocycles. The van der Waals surface area contributed by atoms with E-state index in [-0.39, 0.29) is 17.9 Å². The van der Waals surface area contributed by atoms with Gasteiger partial charge in [0, 0.05) is 0 Å². The van der Waals surface area contributed by atoms with Gasteiger partial charge in [-0.25, -0.2) is 0 Å². The summed E-state index contributed by atoms with van der Waals surface area (Å²) in [6.45, 7) is 3.68. The van der Waals surface area contributed by atoms with E-state index in [4.69, 9.17) is 5.26 Å². The fraction of sp³-hybridized carbons (Fsp3) is 0.556. The Kier molecular flexibility index (Phi) is 5.73. The minimum Gasteiger partial charge on any atom is -0.336 e. The van der Waals surface area contributed by atoms with Crippen LogP contribution in [0, 0.1) is 17.2 Å². The van der Waals surface area contributed by atoms with Crippen LogP contribution in [-0.2, 0) is 4.79 Å². The van der Waals surface area contributed by atoms with Gasteiger partial charge in [0.25, 0.3) is 0 Å². The molecule has 0 aliphatic heterocycles. The van der Waals surface area contributed by atoms with Crippen LogP contribution in [0.15, 0.2) is 30.3 Å². The topological polar surface area (TPSA) is 64.9 Å². The number of hydrogen-bond donors (Lipinski definition) is 2. The molecule has 2 N–H and O–H groups in total. The Morgan fingerprint density at radius 1 is 1.28 bits per heavy atom. The van der Waals surface area contributed by atoms with Crippen LogP contribution in [0.3, 0.4) is 0 Å². The first-order valence-electron chi connectivity index (χ1n) is 8.28. The molecular weight excluding hydrogens is 331 g/mol. The lowest BCUT2D eigenvalue weighted by Crippen LogP contribution is -2.52. The Hall–Kier alpha value is -2.07. The molecule has 4 nitrogen and oxygen atoms in total. The van der Waals surface area contributed by atoms with Crippen LogP contribution < -0.4 is 10.6 Å². The summed E-state index contributed by atoms with van der Waals surface area (Å²) >= 11 is 0. The largest absolute Gasteiger partial charge is 0.407 e. The standard InChI is InChI=1S/C18H22F3N3O/c1-12(2)10-14(16(25)24-17(11-22)8-9-17)23-15(18(19,20)21)13-6-4-3-5-7-13/h3-7,12,14-15,23H,8-10H2,1-2H3,(H,24,25)/t14-,15+/m0/s1. The summed E-state index contributed by atoms with van der Waals surface area (Å²) < 4.78 is 40.6. The molecule has 0 aromatic heterocycles. The molecule has 0 unspecified atom stereocenters. The van der Waals surface area contributed by atoms with Crippen LogP contribution in [0.25, 0.3) is 0 Å². The van der Waals surface area contributed by atoms with Gasteiger partial charge in [0.2, 0.25) is 5.91 Å². The zero-order valence-electron chi connectivity index (χ0n) is 14.2. The van der Waals surface area contributed by atoms with Gasteiger partial charge in [0.1, 0.15) is 11.6 Å². The van der Waals surface area contributed by atoms with Gasteiger partial charge >= 0.3 is 6.18 Å². The van der Waals surface area contributed by atoms with Crippen molar-refractivity contribution < 1.29 is 18.0 Å². The molecule has 1 saturated carbocycles. The number of alkyl halides is 3. The first-order valence-corrected chi connectivity index (χ1v) is 8.28. The van der Waals surface area contributed by atoms with Crippen LogP contribution in [0.1, 0.15) is 44.7 Å². The number of nitrogens with one attached hydrogen (secondary N) is 2. The highest BCUT2D eigenvalue weighted by Gasteiger charge is 2.47. The van der Waals surface area contributed by atoms with E-state index in [1.807, 2.05) is 19.9 Å². The predicted octanol–water partition coefficient (Wildman–Crippen LogP) is 3.47. The maximum absolute atomic E-state index is 13.5. The normalized spacial score (nSPS) is 18.3. The average molecular weight is 353 g/mol. The van der Waals surface area contributed by atoms with E-state index in [0.29, 0.717) is 12.8 Å². The molecule has 1 aromatic rings. The van der Waals surface area contributed by atoms with E-state index in [9.17, 15) is 18.0 Å². The van der Waals surface area contributed by atoms with Crippen LogP contribution in [0.5, 0.6) is 0 Å². The molecule has 0 heterocycles. The summed E-state index contributed by atoms with van der Waals surface area (Å²) in [6.07, 6.45) is -3.23. The molecule has 0 bridgehead atoms. The van der Waals surface area contributed by atoms with E-state index in [1.165, 1.54) is 24.3 Å². The summed E-state index contributed by atoms with van der Waals surface area (Å²) in [5.74, 6) is -0.539. The first kappa shape index (κ1) is 19.3. The number of carbonyl (C=O) groups excluding carboxylic acids is 1. The van der Waals surface area contributed by atoms with E-state index in [1.54, 1.807) is 6.07 Å². The van der Waals surface area contributed by atoms with Crippen molar-refractivity contribution in [1.82, 2.24) is 10.6 Å². The molecule has 2 atom stereocenters. The highest BCUT2D eigenvalue weighted by atomic mass is 19.4. The van der Waals surface area contributed by atoms with E-state index in [0.717, 1.165) is 0 Å². The van der Waals surface area contributed by atoms with E-state index < -0.39 is 29.7 Å². The summed E-state index contributed by atoms with van der Waals surface area (Å²) in [4.78, 5) is 12.5. The van der Waals surface area contributed by atoms with Gasteiger partial charge in [-0.3, -0.25) is 10.1 Å². The van der Waals surface area contributed by atoms with Crippen molar-refractivity contribution in [2.75, 3.05) is 0 Å². The number of amides is 1. The quantitative estimate of drug-likeness (QED) is 0.789. The fourth-order valence-corrected chi connectivity index (χ4v) is 2.66. The summed E-state index contributed by atoms with van der Waals surface area (Å²) in [6, 6.07) is 6.51. The van der Waals surface area contributed by atoms with Crippen molar-refractivity contribution in [2.24, 2.45) is 5.92 Å². The zero-order valence-corrected chi connectivity index (χ0v) is 14.2. The molecule has 1 amide bonds. The molecule has 1 aliphatic carbocycles. The van der Waals surface area contributed by atoms with Crippen molar-refractivity contribution >= 4 is 5.91 Å². The number of rotatable bonds is 7. The molecule has 136 valence electrons. The molecular formula is C18H22F3N3O. The van der Waals surface area contributed by atoms with E-state index in [2.05, 4.69) is 10.6 Å². The lowest BCUT2D eigenvalue weighted by molar-refractivity contribution is -0.161. The second kappa shape index (κ2) is 7.44. The Morgan fingerprint density at radius 3 is 2.32 bits per heavy atom. The van der Waals surface area contributed by atoms with E-state index >= 15 is 0 Å². The van der Waals surface area contributed by atoms with Gasteiger partial charge in [-0.05, 0) is 30.7 Å². The average Bonchev–Trinajstić information content (AvgIpc) is 3.30. The van der Waals surface area contributed by atoms with Crippen LogP contribution >= 0.6 is 0 Å². The molecule has 0 saturated heterocycles. The van der Waals surface area contributed by atoms with Crippen molar-refractivity contribution in [1.29, 1.82) is 5.26 Å². The van der Waals surface area contributed by atoms with Crippen LogP contribution in [0.2, 0.25) is 0 Å². The highest BCUT2D eigenvalue weighted by Crippen LogP contribution is 2.36. The summed E-state index contributed by atoms with van der Waals surface area (Å²) in [7, 11) is 0. The van der Waals surface area contributed by atoms with Gasteiger partial charge in [0.05, 0.1) is 12.1 Å².